The van der Waals surface area contributed by atoms with Crippen LogP contribution in [-0.2, 0) is 39.0 Å². The Morgan fingerprint density at radius 1 is 1.08 bits per heavy atom. The highest BCUT2D eigenvalue weighted by Crippen LogP contribution is 2.46. The highest BCUT2D eigenvalue weighted by Gasteiger charge is 2.51. The van der Waals surface area contributed by atoms with Crippen LogP contribution in [-0.4, -0.2) is 39.4 Å². The highest BCUT2D eigenvalue weighted by atomic mass is 16.6. The maximum atomic E-state index is 13.2. The Kier molecular flexibility index (Phi) is 5.82. The summed E-state index contributed by atoms with van der Waals surface area (Å²) in [6, 6.07) is 14.0. The monoisotopic (exact) mass is 484 g/mol. The van der Waals surface area contributed by atoms with Crippen molar-refractivity contribution in [3.05, 3.63) is 88.9 Å². The largest absolute Gasteiger partial charge is 0.458 e. The second kappa shape index (κ2) is 8.86. The van der Waals surface area contributed by atoms with Gasteiger partial charge in [-0.1, -0.05) is 36.4 Å². The molecule has 2 aromatic heterocycles. The molecule has 36 heavy (non-hydrogen) atoms. The summed E-state index contributed by atoms with van der Waals surface area (Å²) in [6.45, 7) is 5.37. The number of hydrogen-bond acceptors (Lipinski definition) is 6. The lowest BCUT2D eigenvalue weighted by Gasteiger charge is -2.24. The van der Waals surface area contributed by atoms with Crippen LogP contribution in [0.25, 0.3) is 0 Å². The lowest BCUT2D eigenvalue weighted by atomic mass is 9.79. The van der Waals surface area contributed by atoms with Crippen molar-refractivity contribution in [2.24, 2.45) is 0 Å². The maximum Gasteiger partial charge on any atom is 0.329 e. The van der Waals surface area contributed by atoms with E-state index in [4.69, 9.17) is 4.74 Å². The fourth-order valence-corrected chi connectivity index (χ4v) is 4.93. The number of fused-ring (bicyclic) bond motifs is 3. The van der Waals surface area contributed by atoms with Gasteiger partial charge in [-0.15, -0.1) is 0 Å². The van der Waals surface area contributed by atoms with Gasteiger partial charge in [0, 0.05) is 24.4 Å². The Morgan fingerprint density at radius 2 is 1.83 bits per heavy atom. The fourth-order valence-electron chi connectivity index (χ4n) is 4.93. The number of hydrogen-bond donors (Lipinski definition) is 2. The van der Waals surface area contributed by atoms with Gasteiger partial charge in [0.15, 0.2) is 0 Å². The quantitative estimate of drug-likeness (QED) is 0.539. The Balaban J connectivity index is 1.37. The van der Waals surface area contributed by atoms with Gasteiger partial charge in [0.05, 0.1) is 5.41 Å². The zero-order valence-electron chi connectivity index (χ0n) is 20.5. The summed E-state index contributed by atoms with van der Waals surface area (Å²) in [4.78, 5) is 47.8. The zero-order chi connectivity index (χ0) is 25.5. The Morgan fingerprint density at radius 3 is 2.58 bits per heavy atom. The Labute approximate surface area is 209 Å². The van der Waals surface area contributed by atoms with E-state index in [1.54, 1.807) is 39.2 Å². The molecule has 3 aromatic rings. The van der Waals surface area contributed by atoms with Crippen molar-refractivity contribution in [1.82, 2.24) is 15.3 Å². The van der Waals surface area contributed by atoms with E-state index < -0.39 is 28.9 Å². The molecule has 1 unspecified atom stereocenters. The van der Waals surface area contributed by atoms with Gasteiger partial charge < -0.3 is 15.4 Å². The van der Waals surface area contributed by atoms with E-state index in [2.05, 4.69) is 20.6 Å². The van der Waals surface area contributed by atoms with E-state index in [0.29, 0.717) is 25.1 Å². The summed E-state index contributed by atoms with van der Waals surface area (Å²) in [5.41, 5.74) is 2.34. The first-order valence-corrected chi connectivity index (χ1v) is 12.0. The molecule has 1 aliphatic heterocycles. The molecule has 1 aromatic carbocycles. The number of carbonyl (C=O) groups is 3. The van der Waals surface area contributed by atoms with Gasteiger partial charge in [-0.3, -0.25) is 14.6 Å². The first kappa shape index (κ1) is 23.7. The number of aromatic nitrogens is 2. The topological polar surface area (TPSA) is 110 Å². The third kappa shape index (κ3) is 4.46. The molecule has 3 heterocycles. The number of amides is 2. The van der Waals surface area contributed by atoms with Crippen molar-refractivity contribution in [2.75, 3.05) is 5.32 Å². The van der Waals surface area contributed by atoms with Crippen LogP contribution < -0.4 is 10.6 Å². The molecule has 2 amide bonds. The van der Waals surface area contributed by atoms with Crippen LogP contribution >= 0.6 is 0 Å². The van der Waals surface area contributed by atoms with Gasteiger partial charge in [-0.2, -0.15) is 0 Å². The van der Waals surface area contributed by atoms with E-state index in [9.17, 15) is 14.4 Å². The number of anilines is 1. The normalized spacial score (nSPS) is 18.8. The van der Waals surface area contributed by atoms with Gasteiger partial charge in [-0.25, -0.2) is 9.78 Å². The van der Waals surface area contributed by atoms with Crippen LogP contribution in [0.4, 0.5) is 5.82 Å². The first-order valence-electron chi connectivity index (χ1n) is 12.0. The number of esters is 1. The lowest BCUT2D eigenvalue weighted by molar-refractivity contribution is -0.157. The third-order valence-corrected chi connectivity index (χ3v) is 6.57. The van der Waals surface area contributed by atoms with Crippen LogP contribution in [0, 0.1) is 0 Å². The molecule has 2 atom stereocenters. The van der Waals surface area contributed by atoms with Crippen LogP contribution in [0.3, 0.4) is 0 Å². The second-order valence-electron chi connectivity index (χ2n) is 10.4. The summed E-state index contributed by atoms with van der Waals surface area (Å²) < 4.78 is 5.57. The smallest absolute Gasteiger partial charge is 0.329 e. The standard InChI is InChI=1S/C28H28N4O4/c1-27(2,3)36-25(34)22(12-17-8-5-4-6-9-17)31-24(33)21-13-18-14-28(15-19(18)16-30-21)20-10-7-11-29-23(20)32-26(28)35/h4-11,13,16,22H,12,14-15H2,1-3H3,(H,31,33)(H,29,32,35)/t22-,28?/m1/s1. The van der Waals surface area contributed by atoms with Crippen molar-refractivity contribution in [2.45, 2.75) is 57.1 Å². The van der Waals surface area contributed by atoms with Gasteiger partial charge in [0.25, 0.3) is 5.91 Å². The van der Waals surface area contributed by atoms with Gasteiger partial charge in [0.2, 0.25) is 5.91 Å². The molecular formula is C28H28N4O4. The van der Waals surface area contributed by atoms with Crippen LogP contribution in [0.15, 0.2) is 60.9 Å². The minimum absolute atomic E-state index is 0.0914. The minimum Gasteiger partial charge on any atom is -0.458 e. The molecular weight excluding hydrogens is 456 g/mol. The van der Waals surface area contributed by atoms with Gasteiger partial charge in [0.1, 0.15) is 23.2 Å². The van der Waals surface area contributed by atoms with E-state index in [0.717, 1.165) is 22.3 Å². The van der Waals surface area contributed by atoms with Crippen molar-refractivity contribution < 1.29 is 19.1 Å². The molecule has 1 aliphatic carbocycles. The average molecular weight is 485 g/mol. The van der Waals surface area contributed by atoms with Crippen molar-refractivity contribution in [1.29, 1.82) is 0 Å². The summed E-state index contributed by atoms with van der Waals surface area (Å²) in [6.07, 6.45) is 4.55. The SMILES string of the molecule is CC(C)(C)OC(=O)[C@@H](Cc1ccccc1)NC(=O)c1cc2c(cn1)CC1(C2)C(=O)Nc2ncccc21. The summed E-state index contributed by atoms with van der Waals surface area (Å²) in [5.74, 6) is -0.483. The maximum absolute atomic E-state index is 13.2. The number of benzene rings is 1. The molecule has 2 aliphatic rings. The molecule has 0 saturated heterocycles. The van der Waals surface area contributed by atoms with Crippen LogP contribution in [0.2, 0.25) is 0 Å². The number of pyridine rings is 2. The number of nitrogens with zero attached hydrogens (tertiary/aromatic N) is 2. The molecule has 0 radical (unpaired) electrons. The molecule has 0 bridgehead atoms. The predicted octanol–water partition coefficient (Wildman–Crippen LogP) is 3.15. The third-order valence-electron chi connectivity index (χ3n) is 6.57. The minimum atomic E-state index is -0.876. The number of rotatable bonds is 5. The number of carbonyl (C=O) groups excluding carboxylic acids is 3. The van der Waals surface area contributed by atoms with Crippen molar-refractivity contribution in [3.63, 3.8) is 0 Å². The van der Waals surface area contributed by atoms with E-state index in [-0.39, 0.29) is 11.6 Å². The summed E-state index contributed by atoms with van der Waals surface area (Å²) in [5, 5.41) is 5.70. The second-order valence-corrected chi connectivity index (χ2v) is 10.4. The van der Waals surface area contributed by atoms with Gasteiger partial charge >= 0.3 is 5.97 Å². The molecule has 5 rings (SSSR count). The van der Waals surface area contributed by atoms with Crippen LogP contribution in [0.5, 0.6) is 0 Å². The summed E-state index contributed by atoms with van der Waals surface area (Å²) >= 11 is 0. The van der Waals surface area contributed by atoms with E-state index >= 15 is 0 Å². The predicted molar refractivity (Wildman–Crippen MR) is 133 cm³/mol. The Hall–Kier alpha value is -4.07. The molecule has 0 fully saturated rings. The number of nitrogens with one attached hydrogen (secondary N) is 2. The zero-order valence-corrected chi connectivity index (χ0v) is 20.5. The molecule has 184 valence electrons. The van der Waals surface area contributed by atoms with Crippen molar-refractivity contribution in [3.8, 4) is 0 Å². The first-order chi connectivity index (χ1) is 17.1. The lowest BCUT2D eigenvalue weighted by Crippen LogP contribution is -2.45. The molecule has 2 N–H and O–H groups in total. The van der Waals surface area contributed by atoms with E-state index in [1.165, 1.54) is 0 Å². The molecule has 0 saturated carbocycles. The summed E-state index contributed by atoms with van der Waals surface area (Å²) in [7, 11) is 0. The Bertz CT molecular complexity index is 1350. The van der Waals surface area contributed by atoms with E-state index in [1.807, 2.05) is 42.5 Å². The van der Waals surface area contributed by atoms with Gasteiger partial charge in [-0.05, 0) is 62.4 Å². The molecule has 8 nitrogen and oxygen atoms in total. The highest BCUT2D eigenvalue weighted by molar-refractivity contribution is 6.06. The molecule has 8 heteroatoms. The number of ether oxygens (including phenoxy) is 1. The fraction of sp³-hybridized carbons (Fsp3) is 0.321. The van der Waals surface area contributed by atoms with Crippen LogP contribution in [0.1, 0.15) is 53.5 Å². The average Bonchev–Trinajstić information content (AvgIpc) is 3.35. The molecule has 1 spiro atoms. The van der Waals surface area contributed by atoms with Crippen molar-refractivity contribution >= 4 is 23.6 Å².